The van der Waals surface area contributed by atoms with Crippen molar-refractivity contribution in [2.24, 2.45) is 0 Å². The van der Waals surface area contributed by atoms with Crippen LogP contribution in [0.25, 0.3) is 0 Å². The van der Waals surface area contributed by atoms with Gasteiger partial charge in [0.15, 0.2) is 0 Å². The highest BCUT2D eigenvalue weighted by Gasteiger charge is 2.34. The van der Waals surface area contributed by atoms with Gasteiger partial charge in [-0.2, -0.15) is 0 Å². The van der Waals surface area contributed by atoms with Gasteiger partial charge in [-0.1, -0.05) is 57.2 Å². The predicted octanol–water partition coefficient (Wildman–Crippen LogP) is 5.45. The Balaban J connectivity index is 1.29. The Morgan fingerprint density at radius 2 is 1.80 bits per heavy atom. The average molecular weight is 624 g/mol. The Bertz CT molecular complexity index is 1640. The molecule has 2 amide bonds. The molecule has 0 spiro atoms. The first-order valence-electron chi connectivity index (χ1n) is 16.0. The van der Waals surface area contributed by atoms with E-state index in [1.54, 1.807) is 29.4 Å². The van der Waals surface area contributed by atoms with Gasteiger partial charge in [0, 0.05) is 43.2 Å². The van der Waals surface area contributed by atoms with E-state index in [0.717, 1.165) is 40.8 Å². The average Bonchev–Trinajstić information content (AvgIpc) is 3.69. The standard InChI is InChI=1S/C37H45N5O4/c1-24-14-28(18-29(15-24)36(45)42-13-9-12-32(42)35-40-25(2)23-46-35)34(44)41-31(17-26-10-7-6-8-11-26)33(43)22-39-20-27-16-30(21-38-19-27)37(3,4)5/h6-8,10-11,14-16,18-19,21,23,31-33,39,43H,9,12-13,17,20,22H2,1-5H3,(H,41,44). The molecule has 3 heterocycles. The van der Waals surface area contributed by atoms with Gasteiger partial charge in [0.2, 0.25) is 5.89 Å². The van der Waals surface area contributed by atoms with Crippen molar-refractivity contribution in [1.82, 2.24) is 25.5 Å². The van der Waals surface area contributed by atoms with E-state index < -0.39 is 12.1 Å². The summed E-state index contributed by atoms with van der Waals surface area (Å²) < 4.78 is 5.64. The summed E-state index contributed by atoms with van der Waals surface area (Å²) in [5.41, 5.74) is 5.53. The number of oxazole rings is 1. The van der Waals surface area contributed by atoms with Crippen LogP contribution in [0.4, 0.5) is 0 Å². The van der Waals surface area contributed by atoms with Crippen molar-refractivity contribution in [2.75, 3.05) is 13.1 Å². The SMILES string of the molecule is Cc1cc(C(=O)NC(Cc2ccccc2)C(O)CNCc2cncc(C(C)(C)C)c2)cc(C(=O)N2CCCC2c2nc(C)co2)c1. The van der Waals surface area contributed by atoms with Crippen LogP contribution in [-0.2, 0) is 18.4 Å². The molecule has 3 N–H and O–H groups in total. The lowest BCUT2D eigenvalue weighted by molar-refractivity contribution is 0.0715. The molecule has 1 fully saturated rings. The topological polar surface area (TPSA) is 121 Å². The Hall–Kier alpha value is -4.34. The maximum atomic E-state index is 13.7. The first-order valence-corrected chi connectivity index (χ1v) is 16.0. The number of carbonyl (C=O) groups excluding carboxylic acids is 2. The number of aliphatic hydroxyl groups excluding tert-OH is 1. The summed E-state index contributed by atoms with van der Waals surface area (Å²) in [6.45, 7) is 11.6. The van der Waals surface area contributed by atoms with Crippen LogP contribution in [0.2, 0.25) is 0 Å². The summed E-state index contributed by atoms with van der Waals surface area (Å²) in [5.74, 6) is 0.0331. The van der Waals surface area contributed by atoms with Gasteiger partial charge in [-0.25, -0.2) is 4.98 Å². The second-order valence-electron chi connectivity index (χ2n) is 13.4. The molecule has 3 atom stereocenters. The minimum Gasteiger partial charge on any atom is -0.446 e. The van der Waals surface area contributed by atoms with Crippen LogP contribution in [0.15, 0.2) is 77.7 Å². The zero-order valence-corrected chi connectivity index (χ0v) is 27.4. The zero-order valence-electron chi connectivity index (χ0n) is 27.4. The minimum atomic E-state index is -0.872. The zero-order chi connectivity index (χ0) is 32.8. The lowest BCUT2D eigenvalue weighted by atomic mass is 9.88. The van der Waals surface area contributed by atoms with E-state index in [1.807, 2.05) is 56.6 Å². The van der Waals surface area contributed by atoms with Gasteiger partial charge in [0.25, 0.3) is 11.8 Å². The first-order chi connectivity index (χ1) is 22.0. The normalized spacial score (nSPS) is 16.3. The quantitative estimate of drug-likeness (QED) is 0.203. The van der Waals surface area contributed by atoms with Crippen LogP contribution in [0.5, 0.6) is 0 Å². The van der Waals surface area contributed by atoms with Crippen LogP contribution in [0.1, 0.15) is 94.2 Å². The summed E-state index contributed by atoms with van der Waals surface area (Å²) in [7, 11) is 0. The van der Waals surface area contributed by atoms with Crippen LogP contribution in [-0.4, -0.2) is 57.0 Å². The summed E-state index contributed by atoms with van der Waals surface area (Å²) in [6.07, 6.45) is 6.50. The van der Waals surface area contributed by atoms with Crippen molar-refractivity contribution in [3.63, 3.8) is 0 Å². The number of aromatic nitrogens is 2. The van der Waals surface area contributed by atoms with Gasteiger partial charge >= 0.3 is 0 Å². The molecule has 4 aromatic rings. The highest BCUT2D eigenvalue weighted by atomic mass is 16.3. The molecule has 2 aromatic heterocycles. The Labute approximate surface area is 271 Å². The van der Waals surface area contributed by atoms with Gasteiger partial charge in [0.1, 0.15) is 12.3 Å². The number of hydrogen-bond acceptors (Lipinski definition) is 7. The van der Waals surface area contributed by atoms with E-state index in [9.17, 15) is 14.7 Å². The highest BCUT2D eigenvalue weighted by Crippen LogP contribution is 2.33. The van der Waals surface area contributed by atoms with Crippen molar-refractivity contribution < 1.29 is 19.1 Å². The molecule has 1 saturated heterocycles. The Morgan fingerprint density at radius 3 is 2.52 bits per heavy atom. The summed E-state index contributed by atoms with van der Waals surface area (Å²) in [4.78, 5) is 38.1. The van der Waals surface area contributed by atoms with Gasteiger partial charge in [-0.15, -0.1) is 0 Å². The van der Waals surface area contributed by atoms with Crippen LogP contribution in [0.3, 0.4) is 0 Å². The molecule has 3 unspecified atom stereocenters. The molecular weight excluding hydrogens is 578 g/mol. The summed E-state index contributed by atoms with van der Waals surface area (Å²) in [6, 6.07) is 16.3. The molecule has 0 radical (unpaired) electrons. The van der Waals surface area contributed by atoms with Gasteiger partial charge in [-0.3, -0.25) is 14.6 Å². The largest absolute Gasteiger partial charge is 0.446 e. The lowest BCUT2D eigenvalue weighted by Crippen LogP contribution is -2.48. The molecular formula is C37H45N5O4. The molecule has 9 nitrogen and oxygen atoms in total. The molecule has 5 rings (SSSR count). The predicted molar refractivity (Wildman–Crippen MR) is 177 cm³/mol. The highest BCUT2D eigenvalue weighted by molar-refractivity contribution is 6.00. The van der Waals surface area contributed by atoms with Crippen molar-refractivity contribution in [3.8, 4) is 0 Å². The number of likely N-dealkylation sites (tertiary alicyclic amines) is 1. The second-order valence-corrected chi connectivity index (χ2v) is 13.4. The number of aliphatic hydroxyl groups is 1. The Kier molecular flexibility index (Phi) is 10.3. The van der Waals surface area contributed by atoms with Gasteiger partial charge < -0.3 is 25.1 Å². The maximum absolute atomic E-state index is 13.7. The molecule has 1 aliphatic rings. The molecule has 46 heavy (non-hydrogen) atoms. The lowest BCUT2D eigenvalue weighted by Gasteiger charge is -2.26. The molecule has 0 aliphatic carbocycles. The summed E-state index contributed by atoms with van der Waals surface area (Å²) >= 11 is 0. The third-order valence-corrected chi connectivity index (χ3v) is 8.44. The number of hydrogen-bond donors (Lipinski definition) is 3. The van der Waals surface area contributed by atoms with E-state index in [0.29, 0.717) is 36.5 Å². The number of benzene rings is 2. The minimum absolute atomic E-state index is 0.0141. The number of carbonyl (C=O) groups is 2. The maximum Gasteiger partial charge on any atom is 0.254 e. The number of nitrogens with zero attached hydrogens (tertiary/aromatic N) is 3. The van der Waals surface area contributed by atoms with Crippen LogP contribution >= 0.6 is 0 Å². The molecule has 1 aliphatic heterocycles. The van der Waals surface area contributed by atoms with Gasteiger partial charge in [0.05, 0.1) is 17.8 Å². The molecule has 9 heteroatoms. The molecule has 242 valence electrons. The fourth-order valence-corrected chi connectivity index (χ4v) is 5.90. The number of aryl methyl sites for hydroxylation is 2. The second kappa shape index (κ2) is 14.4. The molecule has 2 aromatic carbocycles. The van der Waals surface area contributed by atoms with E-state index in [1.165, 1.54) is 0 Å². The fourth-order valence-electron chi connectivity index (χ4n) is 5.90. The number of rotatable bonds is 11. The van der Waals surface area contributed by atoms with Crippen LogP contribution in [0, 0.1) is 13.8 Å². The third kappa shape index (κ3) is 8.27. The summed E-state index contributed by atoms with van der Waals surface area (Å²) in [5, 5.41) is 17.7. The van der Waals surface area contributed by atoms with Crippen molar-refractivity contribution in [3.05, 3.63) is 118 Å². The smallest absolute Gasteiger partial charge is 0.254 e. The fraction of sp³-hybridized carbons (Fsp3) is 0.405. The van der Waals surface area contributed by atoms with Gasteiger partial charge in [-0.05, 0) is 79.0 Å². The van der Waals surface area contributed by atoms with Crippen molar-refractivity contribution in [2.45, 2.75) is 84.0 Å². The number of nitrogens with one attached hydrogen (secondary N) is 2. The Morgan fingerprint density at radius 1 is 1.04 bits per heavy atom. The monoisotopic (exact) mass is 623 g/mol. The third-order valence-electron chi connectivity index (χ3n) is 8.44. The molecule has 0 bridgehead atoms. The van der Waals surface area contributed by atoms with Crippen molar-refractivity contribution in [1.29, 1.82) is 0 Å². The number of amides is 2. The van der Waals surface area contributed by atoms with Crippen LogP contribution < -0.4 is 10.6 Å². The van der Waals surface area contributed by atoms with Crippen molar-refractivity contribution >= 4 is 11.8 Å². The number of pyridine rings is 1. The molecule has 0 saturated carbocycles. The van der Waals surface area contributed by atoms with E-state index >= 15 is 0 Å². The van der Waals surface area contributed by atoms with E-state index in [-0.39, 0.29) is 29.8 Å². The van der Waals surface area contributed by atoms with E-state index in [4.69, 9.17) is 4.42 Å². The first kappa shape index (κ1) is 33.0. The van der Waals surface area contributed by atoms with E-state index in [2.05, 4.69) is 47.4 Å².